The topological polar surface area (TPSA) is 0 Å². The van der Waals surface area contributed by atoms with E-state index in [2.05, 4.69) is 148 Å². The van der Waals surface area contributed by atoms with Gasteiger partial charge >= 0.3 is 166 Å². The molecule has 2 atom stereocenters. The molecule has 0 amide bonds. The fourth-order valence-corrected chi connectivity index (χ4v) is 13.1. The predicted octanol–water partition coefficient (Wildman–Crippen LogP) is 12.6. The molecule has 0 bridgehead atoms. The van der Waals surface area contributed by atoms with E-state index in [1.54, 1.807) is 5.57 Å². The molecule has 0 spiro atoms. The number of rotatable bonds is 16. The van der Waals surface area contributed by atoms with Crippen molar-refractivity contribution in [2.45, 2.75) is 90.4 Å². The van der Waals surface area contributed by atoms with Crippen molar-refractivity contribution in [2.24, 2.45) is 0 Å². The fraction of sp³-hybridized carbons (Fsp3) is 0.350. The Kier molecular flexibility index (Phi) is 16.2. The van der Waals surface area contributed by atoms with E-state index in [4.69, 9.17) is 22.5 Å². The number of benzene rings is 4. The van der Waals surface area contributed by atoms with Crippen LogP contribution in [0.5, 0.6) is 0 Å². The molecule has 0 nitrogen and oxygen atoms in total. The molecule has 0 fully saturated rings. The van der Waals surface area contributed by atoms with Crippen LogP contribution in [0.15, 0.2) is 133 Å². The van der Waals surface area contributed by atoms with Crippen molar-refractivity contribution >= 4 is 52.3 Å². The van der Waals surface area contributed by atoms with Gasteiger partial charge < -0.3 is 0 Å². The molecule has 0 aliphatic rings. The minimum absolute atomic E-state index is 0.558. The summed E-state index contributed by atoms with van der Waals surface area (Å²) in [5.74, 6) is -3.21. The first-order chi connectivity index (χ1) is 21.5. The summed E-state index contributed by atoms with van der Waals surface area (Å²) in [4.78, 5) is 0. The van der Waals surface area contributed by atoms with Crippen molar-refractivity contribution < 1.29 is 0 Å². The Morgan fingerprint density at radius 2 is 1.00 bits per heavy atom. The van der Waals surface area contributed by atoms with Crippen molar-refractivity contribution in [1.29, 1.82) is 0 Å². The molecular formula is C40H52Cl2P2. The third-order valence-corrected chi connectivity index (χ3v) is 17.1. The molecule has 4 rings (SSSR count). The van der Waals surface area contributed by atoms with Gasteiger partial charge in [-0.05, 0) is 40.0 Å². The van der Waals surface area contributed by atoms with Crippen molar-refractivity contribution in [1.82, 2.24) is 0 Å². The van der Waals surface area contributed by atoms with Gasteiger partial charge in [0, 0.05) is 5.66 Å². The van der Waals surface area contributed by atoms with Gasteiger partial charge in [-0.15, -0.1) is 0 Å². The van der Waals surface area contributed by atoms with E-state index in [0.29, 0.717) is 13.6 Å². The molecule has 0 radical (unpaired) electrons. The van der Waals surface area contributed by atoms with Crippen LogP contribution in [0.3, 0.4) is 0 Å². The second-order valence-electron chi connectivity index (χ2n) is 11.7. The minimum atomic E-state index is -3.21. The summed E-state index contributed by atoms with van der Waals surface area (Å²) in [7, 11) is 0.558. The third kappa shape index (κ3) is 10.0. The van der Waals surface area contributed by atoms with Crippen LogP contribution in [-0.2, 0) is 6.16 Å². The van der Waals surface area contributed by atoms with Crippen LogP contribution >= 0.6 is 36.4 Å². The zero-order chi connectivity index (χ0) is 31.5. The fourth-order valence-electron chi connectivity index (χ4n) is 5.84. The van der Waals surface area contributed by atoms with Crippen LogP contribution < -0.4 is 15.9 Å². The molecule has 0 aromatic heterocycles. The van der Waals surface area contributed by atoms with Crippen molar-refractivity contribution in [3.05, 3.63) is 139 Å². The van der Waals surface area contributed by atoms with Crippen LogP contribution in [0.2, 0.25) is 0 Å². The zero-order valence-electron chi connectivity index (χ0n) is 27.0. The molecule has 44 heavy (non-hydrogen) atoms. The van der Waals surface area contributed by atoms with E-state index in [1.165, 1.54) is 79.3 Å². The van der Waals surface area contributed by atoms with Gasteiger partial charge in [-0.2, -0.15) is 0 Å². The number of unbranched alkanes of at least 4 members (excludes halogenated alkanes) is 3. The van der Waals surface area contributed by atoms with Gasteiger partial charge in [-0.3, -0.25) is 0 Å². The maximum atomic E-state index is 8.04. The van der Waals surface area contributed by atoms with Gasteiger partial charge in [0.1, 0.15) is 0 Å². The van der Waals surface area contributed by atoms with Gasteiger partial charge in [0.25, 0.3) is 0 Å². The molecule has 236 valence electrons. The van der Waals surface area contributed by atoms with Gasteiger partial charge in [0.15, 0.2) is 0 Å². The Bertz CT molecular complexity index is 1230. The maximum absolute atomic E-state index is 8.04. The van der Waals surface area contributed by atoms with Crippen molar-refractivity contribution in [2.75, 3.05) is 0 Å². The molecule has 2 unspecified atom stereocenters. The summed E-state index contributed by atoms with van der Waals surface area (Å²) in [6.07, 6.45) is 15.0. The van der Waals surface area contributed by atoms with Crippen LogP contribution in [0.25, 0.3) is 0 Å². The van der Waals surface area contributed by atoms with Gasteiger partial charge in [0.05, 0.1) is 0 Å². The standard InChI is InChI=1S/C25H22ClP.C15H30ClP/c26-27(23-15-7-2-8-16-23,24-17-9-3-10-18-24,25-19-11-4-12-20-25)21-22-13-5-1-6-14-22;1-4-7-10-14(11-8-5-2)13-15(17-16)12-9-6-3/h1-20H,21H2;13,15,17H,4-12H2,1-3H3. The summed E-state index contributed by atoms with van der Waals surface area (Å²) >= 11 is 14.1. The monoisotopic (exact) mass is 664 g/mol. The molecule has 0 saturated heterocycles. The summed E-state index contributed by atoms with van der Waals surface area (Å²) in [5.41, 5.74) is 3.56. The van der Waals surface area contributed by atoms with Crippen LogP contribution in [0, 0.1) is 0 Å². The second-order valence-corrected chi connectivity index (χ2v) is 19.8. The van der Waals surface area contributed by atoms with Crippen molar-refractivity contribution in [3.63, 3.8) is 0 Å². The zero-order valence-corrected chi connectivity index (χ0v) is 30.4. The van der Waals surface area contributed by atoms with Crippen molar-refractivity contribution in [3.8, 4) is 0 Å². The van der Waals surface area contributed by atoms with Gasteiger partial charge in [-0.25, -0.2) is 0 Å². The average molecular weight is 666 g/mol. The Balaban J connectivity index is 0.000000271. The number of hydrogen-bond donors (Lipinski definition) is 0. The molecule has 0 N–H and O–H groups in total. The average Bonchev–Trinajstić information content (AvgIpc) is 3.09. The van der Waals surface area contributed by atoms with Gasteiger partial charge in [-0.1, -0.05) is 69.3 Å². The van der Waals surface area contributed by atoms with E-state index in [9.17, 15) is 0 Å². The summed E-state index contributed by atoms with van der Waals surface area (Å²) in [6.45, 7) is 6.80. The summed E-state index contributed by atoms with van der Waals surface area (Å²) in [6, 6.07) is 42.5. The Morgan fingerprint density at radius 3 is 1.36 bits per heavy atom. The summed E-state index contributed by atoms with van der Waals surface area (Å²) < 4.78 is 0. The predicted molar refractivity (Wildman–Crippen MR) is 206 cm³/mol. The molecule has 0 aliphatic carbocycles. The second kappa shape index (κ2) is 19.5. The van der Waals surface area contributed by atoms with Crippen LogP contribution in [-0.4, -0.2) is 5.66 Å². The molecule has 4 aromatic rings. The quantitative estimate of drug-likeness (QED) is 0.0825. The molecule has 4 aromatic carbocycles. The van der Waals surface area contributed by atoms with Crippen LogP contribution in [0.4, 0.5) is 0 Å². The Morgan fingerprint density at radius 1 is 0.614 bits per heavy atom. The van der Waals surface area contributed by atoms with E-state index in [-0.39, 0.29) is 0 Å². The first-order valence-corrected chi connectivity index (χ1v) is 21.9. The normalized spacial score (nSPS) is 13.0. The van der Waals surface area contributed by atoms with E-state index >= 15 is 0 Å². The first kappa shape index (κ1) is 36.5. The Labute approximate surface area is 280 Å². The third-order valence-electron chi connectivity index (χ3n) is 8.35. The number of hydrogen-bond acceptors (Lipinski definition) is 0. The molecule has 0 saturated carbocycles. The van der Waals surface area contributed by atoms with Gasteiger partial charge in [0.2, 0.25) is 0 Å². The number of halogens is 2. The van der Waals surface area contributed by atoms with E-state index < -0.39 is 5.96 Å². The summed E-state index contributed by atoms with van der Waals surface area (Å²) in [5, 5.41) is 3.60. The molecular weight excluding hydrogens is 613 g/mol. The van der Waals surface area contributed by atoms with E-state index in [0.717, 1.165) is 6.16 Å². The van der Waals surface area contributed by atoms with Crippen LogP contribution in [0.1, 0.15) is 84.1 Å². The molecule has 0 aliphatic heterocycles. The Hall–Kier alpha value is -1.94. The molecule has 0 heterocycles. The first-order valence-electron chi connectivity index (χ1n) is 16.5. The number of allylic oxidation sites excluding steroid dienone is 2. The van der Waals surface area contributed by atoms with E-state index in [1.807, 2.05) is 0 Å². The molecule has 4 heteroatoms. The SMILES string of the molecule is CCCCC(=CC(CCCC)PCl)CCCC.ClP(Cc1ccccc1)(c1ccccc1)(c1ccccc1)c1ccccc1.